The first-order chi connectivity index (χ1) is 33.2. The molecule has 0 spiro atoms. The van der Waals surface area contributed by atoms with Crippen molar-refractivity contribution in [2.24, 2.45) is 11.8 Å². The van der Waals surface area contributed by atoms with E-state index in [4.69, 9.17) is 0 Å². The third kappa shape index (κ3) is 8.69. The van der Waals surface area contributed by atoms with Crippen LogP contribution in [-0.2, 0) is 25.8 Å². The summed E-state index contributed by atoms with van der Waals surface area (Å²) < 4.78 is 62.1. The summed E-state index contributed by atoms with van der Waals surface area (Å²) in [5.74, 6) is -8.65. The van der Waals surface area contributed by atoms with Gasteiger partial charge in [-0.1, -0.05) is 9.90 Å². The highest BCUT2D eigenvalue weighted by atomic mass is 19.3. The number of piperazine rings is 2. The van der Waals surface area contributed by atoms with Crippen LogP contribution >= 0.6 is 0 Å². The van der Waals surface area contributed by atoms with Gasteiger partial charge in [0.1, 0.15) is 5.52 Å². The van der Waals surface area contributed by atoms with Gasteiger partial charge >= 0.3 is 0 Å². The Bertz CT molecular complexity index is 2980. The molecule has 1 unspecified atom stereocenters. The van der Waals surface area contributed by atoms with Gasteiger partial charge in [-0.2, -0.15) is 0 Å². The van der Waals surface area contributed by atoms with E-state index in [2.05, 4.69) is 40.4 Å². The van der Waals surface area contributed by atoms with E-state index in [0.717, 1.165) is 18.8 Å². The number of pyridine rings is 2. The van der Waals surface area contributed by atoms with Crippen molar-refractivity contribution in [1.29, 1.82) is 0 Å². The number of ketones is 2. The molecular formula is C44H46F4N15O6+. The van der Waals surface area contributed by atoms with Crippen LogP contribution in [0.15, 0.2) is 49.6 Å². The number of aromatic nitrogens is 10. The minimum Gasteiger partial charge on any atom is -0.357 e. The van der Waals surface area contributed by atoms with E-state index in [0.29, 0.717) is 26.2 Å². The summed E-state index contributed by atoms with van der Waals surface area (Å²) in [6, 6.07) is 0. The summed E-state index contributed by atoms with van der Waals surface area (Å²) >= 11 is 0. The van der Waals surface area contributed by atoms with Gasteiger partial charge < -0.3 is 29.6 Å². The van der Waals surface area contributed by atoms with Gasteiger partial charge in [-0.05, 0) is 25.7 Å². The van der Waals surface area contributed by atoms with Gasteiger partial charge in [0, 0.05) is 96.6 Å². The first-order valence-corrected chi connectivity index (χ1v) is 22.7. The number of nitrogens with zero attached hydrogens (tertiary/aromatic N) is 13. The van der Waals surface area contributed by atoms with Gasteiger partial charge in [-0.3, -0.25) is 33.7 Å². The third-order valence-corrected chi connectivity index (χ3v) is 13.6. The van der Waals surface area contributed by atoms with Crippen LogP contribution < -0.4 is 4.68 Å². The Morgan fingerprint density at radius 2 is 1.19 bits per heavy atom. The monoisotopic (exact) mass is 956 g/mol. The number of amides is 4. The molecule has 4 aliphatic rings. The number of aromatic amines is 2. The van der Waals surface area contributed by atoms with E-state index >= 15 is 8.78 Å². The standard InChI is InChI=1S/C44H45F4N15O6/c45-30-22-51-38(62-9-7-53-54-62)34-32(30)28(20-49-34)36(64)42(68)60-16-12-58(13-17-60)41(67)27-2-1-8-56(24-27)25-61-18-19-63(55-61)39-35-33(31(46)23-52-39)29(21-50-35)37(65)43(69)59-14-10-57(11-15-59)40(66)26-3-5-44(47,48)6-4-26/h7,9,18-23,26-27H,1-6,8,10-17,24-25H2,(H-,49,50,51,52,55,64,65)/p+1. The van der Waals surface area contributed by atoms with Gasteiger partial charge in [-0.15, -0.1) is 9.78 Å². The molecule has 1 atom stereocenters. The number of fused-ring (bicyclic) bond motifs is 2. The lowest BCUT2D eigenvalue weighted by atomic mass is 9.86. The topological polar surface area (TPSA) is 228 Å². The zero-order valence-corrected chi connectivity index (χ0v) is 37.1. The zero-order valence-electron chi connectivity index (χ0n) is 37.1. The zero-order chi connectivity index (χ0) is 48.1. The molecule has 2 N–H and O–H groups in total. The van der Waals surface area contributed by atoms with Crippen LogP contribution in [0.3, 0.4) is 0 Å². The average molecular weight is 957 g/mol. The van der Waals surface area contributed by atoms with Crippen LogP contribution in [0.1, 0.15) is 59.2 Å². The largest absolute Gasteiger partial charge is 0.357 e. The number of halogens is 4. The number of H-pyrrole nitrogens is 2. The predicted molar refractivity (Wildman–Crippen MR) is 231 cm³/mol. The van der Waals surface area contributed by atoms with Crippen LogP contribution in [0, 0.1) is 23.5 Å². The smallest absolute Gasteiger partial charge is 0.295 e. The molecule has 3 aliphatic heterocycles. The van der Waals surface area contributed by atoms with E-state index in [1.54, 1.807) is 26.9 Å². The maximum Gasteiger partial charge on any atom is 0.295 e. The molecule has 0 aromatic carbocycles. The second-order valence-electron chi connectivity index (χ2n) is 17.9. The Balaban J connectivity index is 0.732. The van der Waals surface area contributed by atoms with Crippen molar-refractivity contribution in [3.8, 4) is 11.6 Å². The molecule has 0 radical (unpaired) electrons. The van der Waals surface area contributed by atoms with Crippen LogP contribution in [0.5, 0.6) is 0 Å². The van der Waals surface area contributed by atoms with Crippen LogP contribution in [-0.4, -0.2) is 176 Å². The van der Waals surface area contributed by atoms with Crippen molar-refractivity contribution in [3.63, 3.8) is 0 Å². The van der Waals surface area contributed by atoms with Gasteiger partial charge in [-0.25, -0.2) is 32.2 Å². The summed E-state index contributed by atoms with van der Waals surface area (Å²) in [4.78, 5) is 103. The van der Waals surface area contributed by atoms with E-state index in [-0.39, 0.29) is 140 Å². The number of hydrogen-bond acceptors (Lipinski definition) is 12. The maximum absolute atomic E-state index is 15.4. The van der Waals surface area contributed by atoms with Crippen molar-refractivity contribution >= 4 is 57.0 Å². The van der Waals surface area contributed by atoms with E-state index in [1.807, 2.05) is 0 Å². The lowest BCUT2D eigenvalue weighted by Gasteiger charge is -2.38. The van der Waals surface area contributed by atoms with Crippen LogP contribution in [0.4, 0.5) is 17.6 Å². The van der Waals surface area contributed by atoms with Crippen molar-refractivity contribution < 1.29 is 51.0 Å². The number of piperidine rings is 1. The van der Waals surface area contributed by atoms with Crippen LogP contribution in [0.2, 0.25) is 0 Å². The Morgan fingerprint density at radius 3 is 1.72 bits per heavy atom. The molecule has 6 aromatic rings. The Morgan fingerprint density at radius 1 is 0.667 bits per heavy atom. The summed E-state index contributed by atoms with van der Waals surface area (Å²) in [6.45, 7) is 2.48. The molecule has 360 valence electrons. The molecule has 3 saturated heterocycles. The number of alkyl halides is 2. The fraction of sp³-hybridized carbons (Fsp3) is 0.455. The molecule has 21 nitrogen and oxygen atoms in total. The van der Waals surface area contributed by atoms with Gasteiger partial charge in [0.25, 0.3) is 29.2 Å². The molecule has 1 aliphatic carbocycles. The molecule has 25 heteroatoms. The molecule has 1 saturated carbocycles. The van der Waals surface area contributed by atoms with Crippen molar-refractivity contribution in [2.75, 3.05) is 65.4 Å². The normalized spacial score (nSPS) is 19.4. The Hall–Kier alpha value is -7.44. The van der Waals surface area contributed by atoms with E-state index in [9.17, 15) is 37.5 Å². The number of likely N-dealkylation sites (tertiary alicyclic amines) is 1. The molecule has 9 heterocycles. The Labute approximate surface area is 389 Å². The molecule has 69 heavy (non-hydrogen) atoms. The first kappa shape index (κ1) is 45.3. The highest BCUT2D eigenvalue weighted by Crippen LogP contribution is 2.37. The number of hydrogen-bond donors (Lipinski definition) is 2. The Kier molecular flexibility index (Phi) is 12.0. The van der Waals surface area contributed by atoms with Crippen molar-refractivity contribution in [1.82, 2.24) is 69.3 Å². The highest BCUT2D eigenvalue weighted by molar-refractivity contribution is 6.45. The predicted octanol–water partition coefficient (Wildman–Crippen LogP) is 1.67. The number of carbonyl (C=O) groups excluding carboxylic acids is 6. The lowest BCUT2D eigenvalue weighted by molar-refractivity contribution is -0.771. The number of Topliss-reactive ketones (excluding diaryl/α,β-unsaturated/α-hetero) is 2. The highest BCUT2D eigenvalue weighted by Gasteiger charge is 2.40. The third-order valence-electron chi connectivity index (χ3n) is 13.6. The molecule has 4 fully saturated rings. The van der Waals surface area contributed by atoms with Crippen molar-refractivity contribution in [2.45, 2.75) is 51.1 Å². The van der Waals surface area contributed by atoms with Gasteiger partial charge in [0.2, 0.25) is 17.7 Å². The summed E-state index contributed by atoms with van der Waals surface area (Å²) in [7, 11) is 0. The second-order valence-corrected chi connectivity index (χ2v) is 17.9. The molecule has 0 bridgehead atoms. The fourth-order valence-electron chi connectivity index (χ4n) is 9.90. The average Bonchev–Trinajstić information content (AvgIpc) is 4.22. The summed E-state index contributed by atoms with van der Waals surface area (Å²) in [5.41, 5.74) is -0.0213. The summed E-state index contributed by atoms with van der Waals surface area (Å²) in [5, 5.41) is 12.0. The van der Waals surface area contributed by atoms with Gasteiger partial charge in [0.05, 0.1) is 63.3 Å². The SMILES string of the molecule is O=C(C(=O)N1CCN(C(=O)C2CCCN(C[n+]3ccn(-c4ncc(F)c5c(C(=O)C(=O)N6CCN(C(=O)C7CCC(F)(F)CC7)CC6)c[nH]c45)n3)C2)CC1)c1c[nH]c2c(-n3ccnn3)ncc(F)c12. The molecule has 6 aromatic heterocycles. The van der Waals surface area contributed by atoms with Crippen LogP contribution in [0.25, 0.3) is 33.4 Å². The summed E-state index contributed by atoms with van der Waals surface area (Å²) in [6.07, 6.45) is 11.5. The fourth-order valence-corrected chi connectivity index (χ4v) is 9.90. The van der Waals surface area contributed by atoms with E-state index in [1.165, 1.54) is 44.0 Å². The minimum absolute atomic E-state index is 0.0598. The molecule has 4 amide bonds. The molecular weight excluding hydrogens is 911 g/mol. The second kappa shape index (κ2) is 18.2. The minimum atomic E-state index is -2.76. The quantitative estimate of drug-likeness (QED) is 0.0866. The van der Waals surface area contributed by atoms with Gasteiger partial charge in [0.15, 0.2) is 36.5 Å². The number of rotatable bonds is 10. The lowest BCUT2D eigenvalue weighted by Crippen LogP contribution is -2.55. The first-order valence-electron chi connectivity index (χ1n) is 22.7. The maximum atomic E-state index is 15.4. The van der Waals surface area contributed by atoms with E-state index < -0.39 is 46.9 Å². The van der Waals surface area contributed by atoms with Crippen molar-refractivity contribution in [3.05, 3.63) is 72.3 Å². The number of carbonyl (C=O) groups is 6. The molecule has 10 rings (SSSR count). The number of nitrogens with one attached hydrogen (secondary N) is 2.